The zero-order valence-electron chi connectivity index (χ0n) is 20.9. The van der Waals surface area contributed by atoms with Crippen LogP contribution in [0.15, 0.2) is 53.5 Å². The normalized spacial score (nSPS) is 16.6. The van der Waals surface area contributed by atoms with Gasteiger partial charge in [-0.1, -0.05) is 51.1 Å². The predicted octanol–water partition coefficient (Wildman–Crippen LogP) is 5.00. The van der Waals surface area contributed by atoms with Crippen LogP contribution in [-0.2, 0) is 10.9 Å². The Morgan fingerprint density at radius 3 is 2.29 bits per heavy atom. The van der Waals surface area contributed by atoms with Crippen LogP contribution in [0.5, 0.6) is 0 Å². The molecule has 9 heteroatoms. The summed E-state index contributed by atoms with van der Waals surface area (Å²) in [5.41, 5.74) is 1.08. The number of rotatable bonds is 7. The van der Waals surface area contributed by atoms with Crippen LogP contribution in [-0.4, -0.2) is 46.4 Å². The van der Waals surface area contributed by atoms with E-state index in [1.807, 2.05) is 45.2 Å². The quantitative estimate of drug-likeness (QED) is 0.419. The summed E-state index contributed by atoms with van der Waals surface area (Å²) in [7, 11) is 5.24. The molecule has 2 aromatic carbocycles. The zero-order chi connectivity index (χ0) is 25.6. The van der Waals surface area contributed by atoms with E-state index in [0.717, 1.165) is 36.9 Å². The molecule has 0 spiro atoms. The number of hydrogen-bond acceptors (Lipinski definition) is 5. The van der Waals surface area contributed by atoms with Crippen molar-refractivity contribution in [3.05, 3.63) is 65.2 Å². The van der Waals surface area contributed by atoms with E-state index >= 15 is 0 Å². The maximum atomic E-state index is 13.2. The lowest BCUT2D eigenvalue weighted by molar-refractivity contribution is -0.138. The highest BCUT2D eigenvalue weighted by Crippen LogP contribution is 2.36. The Bertz CT molecular complexity index is 874. The van der Waals surface area contributed by atoms with Gasteiger partial charge in [0.2, 0.25) is 0 Å². The molecule has 0 radical (unpaired) electrons. The molecule has 34 heavy (non-hydrogen) atoms. The van der Waals surface area contributed by atoms with E-state index in [1.165, 1.54) is 12.1 Å². The van der Waals surface area contributed by atoms with Gasteiger partial charge in [-0.2, -0.15) is 13.2 Å². The third kappa shape index (κ3) is 8.62. The van der Waals surface area contributed by atoms with Crippen molar-refractivity contribution in [2.24, 2.45) is 4.99 Å². The molecule has 0 saturated heterocycles. The van der Waals surface area contributed by atoms with Gasteiger partial charge >= 0.3 is 6.18 Å². The molecule has 1 aliphatic heterocycles. The SMILES string of the molecule is CC.CCCNC(COC)NC.CN=C1NC(c2ccccc2C(F)(F)F)Nc2ccccc21. The van der Waals surface area contributed by atoms with Crippen molar-refractivity contribution in [1.82, 2.24) is 16.0 Å². The number of para-hydroxylation sites is 1. The number of hydrogen-bond donors (Lipinski definition) is 4. The summed E-state index contributed by atoms with van der Waals surface area (Å²) in [6.07, 6.45) is -3.64. The van der Waals surface area contributed by atoms with Crippen LogP contribution in [0.1, 0.15) is 50.0 Å². The van der Waals surface area contributed by atoms with Crippen LogP contribution in [0.2, 0.25) is 0 Å². The Balaban J connectivity index is 0.000000409. The van der Waals surface area contributed by atoms with Crippen LogP contribution in [0, 0.1) is 0 Å². The summed E-state index contributed by atoms with van der Waals surface area (Å²) in [6, 6.07) is 12.9. The van der Waals surface area contributed by atoms with Crippen LogP contribution in [0.4, 0.5) is 18.9 Å². The van der Waals surface area contributed by atoms with Crippen molar-refractivity contribution in [2.45, 2.75) is 45.7 Å². The molecule has 3 rings (SSSR count). The minimum absolute atomic E-state index is 0.144. The van der Waals surface area contributed by atoms with Gasteiger partial charge in [-0.05, 0) is 38.2 Å². The lowest BCUT2D eigenvalue weighted by atomic mass is 10.0. The fourth-order valence-corrected chi connectivity index (χ4v) is 3.30. The molecule has 0 aromatic heterocycles. The number of likely N-dealkylation sites (N-methyl/N-ethyl adjacent to an activating group) is 1. The van der Waals surface area contributed by atoms with Crippen LogP contribution < -0.4 is 21.3 Å². The fourth-order valence-electron chi connectivity index (χ4n) is 3.30. The molecule has 4 N–H and O–H groups in total. The van der Waals surface area contributed by atoms with Crippen molar-refractivity contribution in [2.75, 3.05) is 39.7 Å². The second-order valence-electron chi connectivity index (χ2n) is 7.18. The van der Waals surface area contributed by atoms with Crippen molar-refractivity contribution >= 4 is 11.5 Å². The summed E-state index contributed by atoms with van der Waals surface area (Å²) < 4.78 is 44.5. The molecule has 190 valence electrons. The summed E-state index contributed by atoms with van der Waals surface area (Å²) in [4.78, 5) is 4.14. The number of alkyl halides is 3. The fraction of sp³-hybridized carbons (Fsp3) is 0.480. The third-order valence-corrected chi connectivity index (χ3v) is 4.89. The number of aliphatic imine (C=N–C) groups is 1. The Hall–Kier alpha value is -2.62. The second kappa shape index (κ2) is 15.3. The van der Waals surface area contributed by atoms with E-state index < -0.39 is 17.9 Å². The first-order valence-corrected chi connectivity index (χ1v) is 11.5. The van der Waals surface area contributed by atoms with Crippen LogP contribution in [0.3, 0.4) is 0 Å². The predicted molar refractivity (Wildman–Crippen MR) is 134 cm³/mol. The van der Waals surface area contributed by atoms with Crippen molar-refractivity contribution in [3.63, 3.8) is 0 Å². The summed E-state index contributed by atoms with van der Waals surface area (Å²) >= 11 is 0. The molecule has 6 nitrogen and oxygen atoms in total. The van der Waals surface area contributed by atoms with E-state index in [0.29, 0.717) is 12.0 Å². The molecule has 0 bridgehead atoms. The molecule has 0 amide bonds. The van der Waals surface area contributed by atoms with Gasteiger partial charge in [-0.3, -0.25) is 4.99 Å². The lowest BCUT2D eigenvalue weighted by Crippen LogP contribution is -2.43. The van der Waals surface area contributed by atoms with Gasteiger partial charge in [-0.25, -0.2) is 0 Å². The maximum Gasteiger partial charge on any atom is 0.416 e. The summed E-state index contributed by atoms with van der Waals surface area (Å²) in [5, 5.41) is 12.5. The highest BCUT2D eigenvalue weighted by atomic mass is 19.4. The van der Waals surface area contributed by atoms with Crippen LogP contribution in [0.25, 0.3) is 0 Å². The van der Waals surface area contributed by atoms with E-state index in [1.54, 1.807) is 20.2 Å². The van der Waals surface area contributed by atoms with Crippen molar-refractivity contribution in [3.8, 4) is 0 Å². The topological polar surface area (TPSA) is 69.7 Å². The number of anilines is 1. The van der Waals surface area contributed by atoms with E-state index in [-0.39, 0.29) is 5.56 Å². The van der Waals surface area contributed by atoms with E-state index in [4.69, 9.17) is 4.74 Å². The smallest absolute Gasteiger partial charge is 0.382 e. The molecule has 1 aliphatic rings. The number of methoxy groups -OCH3 is 1. The standard InChI is InChI=1S/C16H14F3N3.C7H18N2O.C2H6/c1-20-14-11-7-3-5-9-13(11)21-15(22-14)10-6-2-4-8-12(10)16(17,18)19;1-4-5-9-7(8-2)6-10-3;1-2/h2-9,15,21H,1H3,(H,20,22);7-9H,4-6H2,1-3H3;1-2H3. The largest absolute Gasteiger partial charge is 0.416 e. The van der Waals surface area contributed by atoms with Crippen molar-refractivity contribution < 1.29 is 17.9 Å². The highest BCUT2D eigenvalue weighted by Gasteiger charge is 2.36. The number of halogens is 3. The number of ether oxygens (including phenoxy) is 1. The number of amidine groups is 1. The second-order valence-corrected chi connectivity index (χ2v) is 7.18. The summed E-state index contributed by atoms with van der Waals surface area (Å²) in [6.45, 7) is 7.90. The molecule has 1 heterocycles. The Labute approximate surface area is 201 Å². The first kappa shape index (κ1) is 29.4. The molecule has 0 aliphatic carbocycles. The number of nitrogens with zero attached hydrogens (tertiary/aromatic N) is 1. The van der Waals surface area contributed by atoms with Gasteiger partial charge in [0.25, 0.3) is 0 Å². The molecular formula is C25H38F3N5O. The van der Waals surface area contributed by atoms with E-state index in [9.17, 15) is 13.2 Å². The number of fused-ring (bicyclic) bond motifs is 1. The summed E-state index contributed by atoms with van der Waals surface area (Å²) in [5.74, 6) is 0.566. The molecule has 2 aromatic rings. The average molecular weight is 482 g/mol. The molecule has 0 saturated carbocycles. The zero-order valence-corrected chi connectivity index (χ0v) is 20.9. The minimum Gasteiger partial charge on any atom is -0.382 e. The lowest BCUT2D eigenvalue weighted by Gasteiger charge is -2.31. The molecule has 0 fully saturated rings. The van der Waals surface area contributed by atoms with Crippen molar-refractivity contribution in [1.29, 1.82) is 0 Å². The highest BCUT2D eigenvalue weighted by molar-refractivity contribution is 6.05. The van der Waals surface area contributed by atoms with Gasteiger partial charge in [-0.15, -0.1) is 0 Å². The monoisotopic (exact) mass is 481 g/mol. The van der Waals surface area contributed by atoms with Gasteiger partial charge in [0.15, 0.2) is 0 Å². The Morgan fingerprint density at radius 2 is 1.71 bits per heavy atom. The molecular weight excluding hydrogens is 443 g/mol. The van der Waals surface area contributed by atoms with Gasteiger partial charge < -0.3 is 26.0 Å². The minimum atomic E-state index is -4.40. The van der Waals surface area contributed by atoms with Gasteiger partial charge in [0.1, 0.15) is 12.0 Å². The Kier molecular flexibility index (Phi) is 13.2. The molecule has 2 atom stereocenters. The molecule has 2 unspecified atom stereocenters. The van der Waals surface area contributed by atoms with Crippen LogP contribution >= 0.6 is 0 Å². The number of nitrogens with one attached hydrogen (secondary N) is 4. The van der Waals surface area contributed by atoms with Gasteiger partial charge in [0.05, 0.1) is 18.3 Å². The van der Waals surface area contributed by atoms with E-state index in [2.05, 4.69) is 33.2 Å². The third-order valence-electron chi connectivity index (χ3n) is 4.89. The Morgan fingerprint density at radius 1 is 1.06 bits per heavy atom. The first-order chi connectivity index (χ1) is 16.3. The van der Waals surface area contributed by atoms with Gasteiger partial charge in [0, 0.05) is 31.0 Å². The average Bonchev–Trinajstić information content (AvgIpc) is 2.87. The maximum absolute atomic E-state index is 13.2. The number of benzene rings is 2. The first-order valence-electron chi connectivity index (χ1n) is 11.5.